The molecule has 2 N–H and O–H groups in total. The molecule has 4 nitrogen and oxygen atoms in total. The van der Waals surface area contributed by atoms with E-state index >= 15 is 0 Å². The van der Waals surface area contributed by atoms with Crippen LogP contribution in [0.4, 0.5) is 5.69 Å². The Kier molecular flexibility index (Phi) is 5.12. The summed E-state index contributed by atoms with van der Waals surface area (Å²) in [5.41, 5.74) is 2.63. The van der Waals surface area contributed by atoms with Crippen molar-refractivity contribution in [2.75, 3.05) is 37.8 Å². The second kappa shape index (κ2) is 7.25. The van der Waals surface area contributed by atoms with Crippen LogP contribution in [0.5, 0.6) is 0 Å². The van der Waals surface area contributed by atoms with Crippen molar-refractivity contribution < 1.29 is 9.84 Å². The van der Waals surface area contributed by atoms with Gasteiger partial charge in [-0.25, -0.2) is 0 Å². The topological polar surface area (TPSA) is 44.7 Å². The maximum Gasteiger partial charge on any atom is 0.0620 e. The molecule has 0 radical (unpaired) electrons. The van der Waals surface area contributed by atoms with Crippen molar-refractivity contribution >= 4 is 5.69 Å². The van der Waals surface area contributed by atoms with Gasteiger partial charge in [0.1, 0.15) is 0 Å². The molecule has 0 amide bonds. The zero-order valence-electron chi connectivity index (χ0n) is 12.6. The van der Waals surface area contributed by atoms with Crippen molar-refractivity contribution in [3.63, 3.8) is 0 Å². The Morgan fingerprint density at radius 3 is 2.52 bits per heavy atom. The zero-order chi connectivity index (χ0) is 14.5. The first-order chi connectivity index (χ1) is 10.3. The number of nitrogens with zero attached hydrogens (tertiary/aromatic N) is 1. The van der Waals surface area contributed by atoms with Gasteiger partial charge in [0.25, 0.3) is 0 Å². The molecule has 21 heavy (non-hydrogen) atoms. The third-order valence-corrected chi connectivity index (χ3v) is 4.70. The van der Waals surface area contributed by atoms with Crippen LogP contribution in [0.3, 0.4) is 0 Å². The van der Waals surface area contributed by atoms with Gasteiger partial charge in [0, 0.05) is 44.6 Å². The number of hydrogen-bond acceptors (Lipinski definition) is 4. The molecule has 4 heteroatoms. The summed E-state index contributed by atoms with van der Waals surface area (Å²) in [7, 11) is 0. The van der Waals surface area contributed by atoms with E-state index in [1.165, 1.54) is 11.3 Å². The van der Waals surface area contributed by atoms with Crippen LogP contribution < -0.4 is 10.2 Å². The maximum absolute atomic E-state index is 9.20. The Bertz CT molecular complexity index is 421. The fourth-order valence-corrected chi connectivity index (χ4v) is 3.16. The molecule has 2 saturated heterocycles. The molecule has 2 aliphatic rings. The Morgan fingerprint density at radius 2 is 1.90 bits per heavy atom. The van der Waals surface area contributed by atoms with E-state index in [-0.39, 0.29) is 0 Å². The van der Waals surface area contributed by atoms with E-state index < -0.39 is 0 Å². The second-order valence-corrected chi connectivity index (χ2v) is 6.22. The molecular weight excluding hydrogens is 264 g/mol. The summed E-state index contributed by atoms with van der Waals surface area (Å²) in [5, 5.41) is 12.7. The first-order valence-electron chi connectivity index (χ1n) is 8.11. The van der Waals surface area contributed by atoms with Crippen LogP contribution in [0, 0.1) is 5.92 Å². The number of aliphatic hydroxyl groups excluding tert-OH is 1. The Labute approximate surface area is 127 Å². The summed E-state index contributed by atoms with van der Waals surface area (Å²) < 4.78 is 5.37. The van der Waals surface area contributed by atoms with Crippen molar-refractivity contribution in [1.82, 2.24) is 5.32 Å². The van der Waals surface area contributed by atoms with E-state index in [0.717, 1.165) is 52.1 Å². The molecule has 0 saturated carbocycles. The van der Waals surface area contributed by atoms with E-state index in [1.54, 1.807) is 0 Å². The molecule has 0 aliphatic carbocycles. The second-order valence-electron chi connectivity index (χ2n) is 6.22. The first-order valence-corrected chi connectivity index (χ1v) is 8.11. The Hall–Kier alpha value is -1.10. The number of piperidine rings is 1. The Balaban J connectivity index is 1.49. The number of aliphatic hydroxyl groups is 1. The number of hydrogen-bond donors (Lipinski definition) is 2. The molecular formula is C17H26N2O2. The highest BCUT2D eigenvalue weighted by atomic mass is 16.5. The summed E-state index contributed by atoms with van der Waals surface area (Å²) in [6.45, 7) is 5.10. The molecule has 3 rings (SSSR count). The van der Waals surface area contributed by atoms with Crippen LogP contribution in [0.15, 0.2) is 24.3 Å². The molecule has 2 fully saturated rings. The van der Waals surface area contributed by atoms with Crippen molar-refractivity contribution in [3.05, 3.63) is 29.8 Å². The third-order valence-electron chi connectivity index (χ3n) is 4.70. The molecule has 1 atom stereocenters. The lowest BCUT2D eigenvalue weighted by Gasteiger charge is -2.33. The van der Waals surface area contributed by atoms with Gasteiger partial charge in [0.05, 0.1) is 6.61 Å². The number of nitrogens with one attached hydrogen (secondary N) is 1. The minimum Gasteiger partial charge on any atom is -0.396 e. The molecule has 0 bridgehead atoms. The molecule has 2 aliphatic heterocycles. The monoisotopic (exact) mass is 290 g/mol. The summed E-state index contributed by atoms with van der Waals surface area (Å²) in [4.78, 5) is 2.42. The highest BCUT2D eigenvalue weighted by Gasteiger charge is 2.18. The van der Waals surface area contributed by atoms with Crippen molar-refractivity contribution in [2.45, 2.75) is 31.8 Å². The van der Waals surface area contributed by atoms with E-state index in [0.29, 0.717) is 18.6 Å². The lowest BCUT2D eigenvalue weighted by molar-refractivity contribution is 0.190. The van der Waals surface area contributed by atoms with Crippen LogP contribution in [0.2, 0.25) is 0 Å². The van der Waals surface area contributed by atoms with Gasteiger partial charge in [0.15, 0.2) is 0 Å². The quantitative estimate of drug-likeness (QED) is 0.867. The molecule has 1 unspecified atom stereocenters. The average Bonchev–Trinajstić information content (AvgIpc) is 3.07. The van der Waals surface area contributed by atoms with Gasteiger partial charge in [-0.05, 0) is 42.9 Å². The van der Waals surface area contributed by atoms with E-state index in [2.05, 4.69) is 34.5 Å². The highest BCUT2D eigenvalue weighted by molar-refractivity contribution is 5.48. The lowest BCUT2D eigenvalue weighted by atomic mass is 9.97. The van der Waals surface area contributed by atoms with Gasteiger partial charge in [-0.1, -0.05) is 12.1 Å². The van der Waals surface area contributed by atoms with Gasteiger partial charge in [0.2, 0.25) is 0 Å². The van der Waals surface area contributed by atoms with Crippen molar-refractivity contribution in [3.8, 4) is 0 Å². The van der Waals surface area contributed by atoms with Crippen LogP contribution in [0.1, 0.15) is 24.8 Å². The van der Waals surface area contributed by atoms with Crippen LogP contribution >= 0.6 is 0 Å². The summed E-state index contributed by atoms with van der Waals surface area (Å²) in [5.74, 6) is 0.498. The minimum atomic E-state index is 0.337. The summed E-state index contributed by atoms with van der Waals surface area (Å²) in [6.07, 6.45) is 3.32. The number of benzene rings is 1. The smallest absolute Gasteiger partial charge is 0.0620 e. The number of rotatable bonds is 5. The average molecular weight is 290 g/mol. The van der Waals surface area contributed by atoms with Crippen LogP contribution in [0.25, 0.3) is 0 Å². The Morgan fingerprint density at radius 1 is 1.14 bits per heavy atom. The zero-order valence-corrected chi connectivity index (χ0v) is 12.6. The predicted octanol–water partition coefficient (Wildman–Crippen LogP) is 1.77. The van der Waals surface area contributed by atoms with Crippen LogP contribution in [-0.4, -0.2) is 44.1 Å². The highest BCUT2D eigenvalue weighted by Crippen LogP contribution is 2.23. The number of anilines is 1. The molecule has 1 aromatic rings. The van der Waals surface area contributed by atoms with Gasteiger partial charge in [-0.3, -0.25) is 0 Å². The summed E-state index contributed by atoms with van der Waals surface area (Å²) >= 11 is 0. The van der Waals surface area contributed by atoms with Crippen molar-refractivity contribution in [2.24, 2.45) is 5.92 Å². The van der Waals surface area contributed by atoms with Gasteiger partial charge in [-0.2, -0.15) is 0 Å². The third kappa shape index (κ3) is 3.96. The SMILES string of the molecule is OCC1CCN(c2ccc(CNC3CCOC3)cc2)CC1. The number of ether oxygens (including phenoxy) is 1. The van der Waals surface area contributed by atoms with Crippen LogP contribution in [-0.2, 0) is 11.3 Å². The van der Waals surface area contributed by atoms with E-state index in [4.69, 9.17) is 4.74 Å². The standard InChI is InChI=1S/C17H26N2O2/c20-12-15-5-8-19(9-6-15)17-3-1-14(2-4-17)11-18-16-7-10-21-13-16/h1-4,15-16,18,20H,5-13H2. The maximum atomic E-state index is 9.20. The minimum absolute atomic E-state index is 0.337. The molecule has 116 valence electrons. The molecule has 0 aromatic heterocycles. The normalized spacial score (nSPS) is 23.7. The van der Waals surface area contributed by atoms with E-state index in [9.17, 15) is 5.11 Å². The van der Waals surface area contributed by atoms with Gasteiger partial charge >= 0.3 is 0 Å². The first kappa shape index (κ1) is 14.8. The molecule has 2 heterocycles. The van der Waals surface area contributed by atoms with Gasteiger partial charge in [-0.15, -0.1) is 0 Å². The predicted molar refractivity (Wildman–Crippen MR) is 84.5 cm³/mol. The largest absolute Gasteiger partial charge is 0.396 e. The summed E-state index contributed by atoms with van der Waals surface area (Å²) in [6, 6.07) is 9.40. The van der Waals surface area contributed by atoms with Crippen molar-refractivity contribution in [1.29, 1.82) is 0 Å². The molecule has 0 spiro atoms. The van der Waals surface area contributed by atoms with E-state index in [1.807, 2.05) is 0 Å². The van der Waals surface area contributed by atoms with Gasteiger partial charge < -0.3 is 20.1 Å². The molecule has 1 aromatic carbocycles. The fourth-order valence-electron chi connectivity index (χ4n) is 3.16. The fraction of sp³-hybridized carbons (Fsp3) is 0.647. The lowest BCUT2D eigenvalue weighted by Crippen LogP contribution is -2.34.